The molecule has 0 unspecified atom stereocenters. The highest BCUT2D eigenvalue weighted by molar-refractivity contribution is 6.35. The third-order valence-electron chi connectivity index (χ3n) is 2.38. The number of hydrogen-bond acceptors (Lipinski definition) is 3. The molecular formula is C13H10Cl2N2O2. The second-order valence-corrected chi connectivity index (χ2v) is 4.64. The van der Waals surface area contributed by atoms with Gasteiger partial charge >= 0.3 is 0 Å². The van der Waals surface area contributed by atoms with Crippen molar-refractivity contribution in [1.82, 2.24) is 0 Å². The Bertz CT molecular complexity index is 645. The maximum Gasteiger partial charge on any atom is 0.252 e. The Morgan fingerprint density at radius 3 is 2.37 bits per heavy atom. The molecule has 98 valence electrons. The van der Waals surface area contributed by atoms with Gasteiger partial charge in [-0.2, -0.15) is 0 Å². The largest absolute Gasteiger partial charge is 0.455 e. The predicted molar refractivity (Wildman–Crippen MR) is 75.9 cm³/mol. The fourth-order valence-electron chi connectivity index (χ4n) is 1.51. The maximum absolute atomic E-state index is 11.3. The van der Waals surface area contributed by atoms with Crippen LogP contribution in [0.15, 0.2) is 36.4 Å². The molecule has 0 radical (unpaired) electrons. The predicted octanol–water partition coefficient (Wildman–Crippen LogP) is 3.47. The number of nitrogen functional groups attached to an aromatic ring is 1. The number of halogens is 2. The van der Waals surface area contributed by atoms with Crippen LogP contribution in [0.25, 0.3) is 0 Å². The van der Waals surface area contributed by atoms with Gasteiger partial charge in [-0.3, -0.25) is 4.79 Å². The van der Waals surface area contributed by atoms with E-state index in [1.165, 1.54) is 6.07 Å². The highest BCUT2D eigenvalue weighted by Gasteiger charge is 2.12. The molecule has 0 spiro atoms. The van der Waals surface area contributed by atoms with Crippen LogP contribution in [0.3, 0.4) is 0 Å². The molecule has 0 fully saturated rings. The molecule has 6 heteroatoms. The van der Waals surface area contributed by atoms with Crippen LogP contribution in [0.2, 0.25) is 10.0 Å². The molecule has 1 amide bonds. The lowest BCUT2D eigenvalue weighted by Gasteiger charge is -2.11. The van der Waals surface area contributed by atoms with Gasteiger partial charge < -0.3 is 16.2 Å². The van der Waals surface area contributed by atoms with E-state index in [9.17, 15) is 4.79 Å². The van der Waals surface area contributed by atoms with E-state index in [1.807, 2.05) is 0 Å². The molecule has 0 aliphatic carbocycles. The van der Waals surface area contributed by atoms with E-state index in [2.05, 4.69) is 0 Å². The molecule has 4 nitrogen and oxygen atoms in total. The quantitative estimate of drug-likeness (QED) is 0.851. The van der Waals surface area contributed by atoms with Gasteiger partial charge in [-0.25, -0.2) is 0 Å². The van der Waals surface area contributed by atoms with Crippen LogP contribution in [-0.4, -0.2) is 5.91 Å². The highest BCUT2D eigenvalue weighted by Crippen LogP contribution is 2.33. The second kappa shape index (κ2) is 5.38. The Morgan fingerprint density at radius 1 is 1.05 bits per heavy atom. The molecule has 0 saturated heterocycles. The van der Waals surface area contributed by atoms with E-state index in [0.29, 0.717) is 21.5 Å². The molecular weight excluding hydrogens is 287 g/mol. The number of benzene rings is 2. The van der Waals surface area contributed by atoms with Crippen molar-refractivity contribution in [1.29, 1.82) is 0 Å². The summed E-state index contributed by atoms with van der Waals surface area (Å²) in [5, 5.41) is 0.824. The van der Waals surface area contributed by atoms with E-state index in [4.69, 9.17) is 39.4 Å². The van der Waals surface area contributed by atoms with Crippen LogP contribution in [-0.2, 0) is 0 Å². The Hall–Kier alpha value is -1.91. The molecule has 0 aliphatic heterocycles. The van der Waals surface area contributed by atoms with Crippen LogP contribution in [0.1, 0.15) is 10.4 Å². The first-order valence-electron chi connectivity index (χ1n) is 5.29. The van der Waals surface area contributed by atoms with E-state index in [1.54, 1.807) is 30.3 Å². The summed E-state index contributed by atoms with van der Waals surface area (Å²) in [6, 6.07) is 9.38. The van der Waals surface area contributed by atoms with Crippen LogP contribution >= 0.6 is 23.2 Å². The van der Waals surface area contributed by atoms with Gasteiger partial charge in [0.1, 0.15) is 11.5 Å². The summed E-state index contributed by atoms with van der Waals surface area (Å²) in [5.41, 5.74) is 11.5. The molecule has 19 heavy (non-hydrogen) atoms. The third-order valence-corrected chi connectivity index (χ3v) is 2.91. The number of hydrogen-bond donors (Lipinski definition) is 2. The number of carbonyl (C=O) groups is 1. The van der Waals surface area contributed by atoms with Gasteiger partial charge in [-0.15, -0.1) is 0 Å². The standard InChI is InChI=1S/C13H10Cl2N2O2/c14-7-1-3-12(10(15)5-7)19-11-4-2-8(16)6-9(11)13(17)18/h1-6H,16H2,(H2,17,18). The number of carbonyl (C=O) groups excluding carboxylic acids is 1. The molecule has 0 aliphatic rings. The zero-order valence-corrected chi connectivity index (χ0v) is 11.2. The van der Waals surface area contributed by atoms with Crippen molar-refractivity contribution >= 4 is 34.8 Å². The van der Waals surface area contributed by atoms with Crippen LogP contribution < -0.4 is 16.2 Å². The van der Waals surface area contributed by atoms with Crippen molar-refractivity contribution in [3.05, 3.63) is 52.0 Å². The van der Waals surface area contributed by atoms with Crippen molar-refractivity contribution in [2.75, 3.05) is 5.73 Å². The highest BCUT2D eigenvalue weighted by atomic mass is 35.5. The summed E-state index contributed by atoms with van der Waals surface area (Å²) in [7, 11) is 0. The number of primary amides is 1. The Balaban J connectivity index is 2.40. The number of anilines is 1. The summed E-state index contributed by atoms with van der Waals surface area (Å²) in [6.07, 6.45) is 0. The molecule has 0 heterocycles. The smallest absolute Gasteiger partial charge is 0.252 e. The lowest BCUT2D eigenvalue weighted by molar-refractivity contribution is 0.0998. The topological polar surface area (TPSA) is 78.3 Å². The first-order valence-corrected chi connectivity index (χ1v) is 6.05. The van der Waals surface area contributed by atoms with Crippen molar-refractivity contribution in [2.45, 2.75) is 0 Å². The van der Waals surface area contributed by atoms with Crippen molar-refractivity contribution < 1.29 is 9.53 Å². The number of amides is 1. The lowest BCUT2D eigenvalue weighted by Crippen LogP contribution is -2.12. The van der Waals surface area contributed by atoms with Gasteiger partial charge in [0.2, 0.25) is 0 Å². The minimum absolute atomic E-state index is 0.186. The van der Waals surface area contributed by atoms with Crippen LogP contribution in [0, 0.1) is 0 Å². The molecule has 4 N–H and O–H groups in total. The molecule has 0 aromatic heterocycles. The molecule has 0 bridgehead atoms. The monoisotopic (exact) mass is 296 g/mol. The summed E-state index contributed by atoms with van der Waals surface area (Å²) in [6.45, 7) is 0. The first-order chi connectivity index (χ1) is 8.97. The normalized spacial score (nSPS) is 10.2. The van der Waals surface area contributed by atoms with E-state index in [-0.39, 0.29) is 11.3 Å². The van der Waals surface area contributed by atoms with Crippen molar-refractivity contribution in [2.24, 2.45) is 5.73 Å². The number of nitrogens with two attached hydrogens (primary N) is 2. The molecule has 2 aromatic rings. The summed E-state index contributed by atoms with van der Waals surface area (Å²) < 4.78 is 5.56. The zero-order valence-electron chi connectivity index (χ0n) is 9.69. The Morgan fingerprint density at radius 2 is 1.74 bits per heavy atom. The Kier molecular flexibility index (Phi) is 3.83. The summed E-state index contributed by atoms with van der Waals surface area (Å²) in [4.78, 5) is 11.3. The number of rotatable bonds is 3. The minimum Gasteiger partial charge on any atom is -0.455 e. The molecule has 2 aromatic carbocycles. The first kappa shape index (κ1) is 13.5. The van der Waals surface area contributed by atoms with Gasteiger partial charge in [0, 0.05) is 10.7 Å². The van der Waals surface area contributed by atoms with Crippen LogP contribution in [0.4, 0.5) is 5.69 Å². The lowest BCUT2D eigenvalue weighted by atomic mass is 10.1. The fraction of sp³-hybridized carbons (Fsp3) is 0. The number of ether oxygens (including phenoxy) is 1. The maximum atomic E-state index is 11.3. The van der Waals surface area contributed by atoms with Crippen LogP contribution in [0.5, 0.6) is 11.5 Å². The second-order valence-electron chi connectivity index (χ2n) is 3.80. The van der Waals surface area contributed by atoms with Gasteiger partial charge in [-0.1, -0.05) is 23.2 Å². The van der Waals surface area contributed by atoms with E-state index >= 15 is 0 Å². The van der Waals surface area contributed by atoms with Gasteiger partial charge in [0.15, 0.2) is 0 Å². The average Bonchev–Trinajstić information content (AvgIpc) is 2.34. The zero-order chi connectivity index (χ0) is 14.0. The van der Waals surface area contributed by atoms with E-state index < -0.39 is 5.91 Å². The van der Waals surface area contributed by atoms with Gasteiger partial charge in [0.05, 0.1) is 10.6 Å². The molecule has 0 atom stereocenters. The molecule has 2 rings (SSSR count). The van der Waals surface area contributed by atoms with Crippen molar-refractivity contribution in [3.8, 4) is 11.5 Å². The van der Waals surface area contributed by atoms with E-state index in [0.717, 1.165) is 0 Å². The van der Waals surface area contributed by atoms with Gasteiger partial charge in [-0.05, 0) is 36.4 Å². The minimum atomic E-state index is -0.632. The fourth-order valence-corrected chi connectivity index (χ4v) is 1.95. The SMILES string of the molecule is NC(=O)c1cc(N)ccc1Oc1ccc(Cl)cc1Cl. The van der Waals surface area contributed by atoms with Crippen molar-refractivity contribution in [3.63, 3.8) is 0 Å². The third kappa shape index (κ3) is 3.10. The summed E-state index contributed by atoms with van der Waals surface area (Å²) in [5.74, 6) is 0.0247. The molecule has 0 saturated carbocycles. The Labute approximate surface area is 119 Å². The average molecular weight is 297 g/mol. The van der Waals surface area contributed by atoms with Gasteiger partial charge in [0.25, 0.3) is 5.91 Å². The summed E-state index contributed by atoms with van der Waals surface area (Å²) >= 11 is 11.8.